The van der Waals surface area contributed by atoms with Crippen LogP contribution in [0.1, 0.15) is 0 Å². The molecule has 12 rings (SSSR count). The van der Waals surface area contributed by atoms with Crippen molar-refractivity contribution in [3.63, 3.8) is 0 Å². The average molecular weight is 767 g/mol. The van der Waals surface area contributed by atoms with Crippen molar-refractivity contribution >= 4 is 49.0 Å². The van der Waals surface area contributed by atoms with Gasteiger partial charge in [-0.25, -0.2) is 19.9 Å². The van der Waals surface area contributed by atoms with Crippen LogP contribution in [-0.2, 0) is 0 Å². The second-order valence-corrected chi connectivity index (χ2v) is 15.0. The first-order valence-electron chi connectivity index (χ1n) is 20.2. The van der Waals surface area contributed by atoms with Crippen molar-refractivity contribution in [1.29, 1.82) is 0 Å². The van der Waals surface area contributed by atoms with E-state index in [1.54, 1.807) is 0 Å². The van der Waals surface area contributed by atoms with Gasteiger partial charge in [0.1, 0.15) is 5.82 Å². The number of hydrogen-bond donors (Lipinski definition) is 0. The number of nitrogens with zero attached hydrogens (tertiary/aromatic N) is 6. The van der Waals surface area contributed by atoms with E-state index in [2.05, 4.69) is 155 Å². The van der Waals surface area contributed by atoms with Crippen LogP contribution in [0.2, 0.25) is 0 Å². The van der Waals surface area contributed by atoms with E-state index in [4.69, 9.17) is 19.9 Å². The number of para-hydroxylation sites is 3. The number of fused-ring (bicyclic) bond motifs is 10. The van der Waals surface area contributed by atoms with E-state index in [-0.39, 0.29) is 0 Å². The van der Waals surface area contributed by atoms with Crippen molar-refractivity contribution in [2.24, 2.45) is 0 Å². The van der Waals surface area contributed by atoms with Crippen LogP contribution in [0, 0.1) is 0 Å². The summed E-state index contributed by atoms with van der Waals surface area (Å²) < 4.78 is 4.79. The molecule has 0 saturated carbocycles. The lowest BCUT2D eigenvalue weighted by molar-refractivity contribution is 1.07. The van der Waals surface area contributed by atoms with E-state index in [1.165, 1.54) is 27.2 Å². The Hall–Kier alpha value is -8.22. The third-order valence-corrected chi connectivity index (χ3v) is 11.5. The molecule has 280 valence electrons. The number of benzene rings is 8. The maximum Gasteiger partial charge on any atom is 0.164 e. The maximum absolute atomic E-state index is 5.56. The Labute approximate surface area is 345 Å². The summed E-state index contributed by atoms with van der Waals surface area (Å²) in [4.78, 5) is 20.4. The molecule has 4 aromatic heterocycles. The standard InChI is InChI=1S/C54H34N6/c1-5-17-35(18-6-1)48-50-44-34-33-42-41-25-13-15-27-45(41)59(40-23-11-4-12-24-40)49(42)47(44)43-26-14-16-28-46(43)60(50)54(55-48)39-31-29-38(30-32-39)53-57-51(36-19-7-2-8-20-36)56-52(58-53)37-21-9-3-10-22-37/h1-34H. The van der Waals surface area contributed by atoms with Crippen LogP contribution in [0.15, 0.2) is 206 Å². The van der Waals surface area contributed by atoms with Crippen molar-refractivity contribution in [2.45, 2.75) is 0 Å². The first kappa shape index (κ1) is 33.9. The zero-order valence-corrected chi connectivity index (χ0v) is 32.3. The summed E-state index contributed by atoms with van der Waals surface area (Å²) in [5.74, 6) is 2.74. The Kier molecular flexibility index (Phi) is 7.74. The Bertz CT molecular complexity index is 3500. The highest BCUT2D eigenvalue weighted by atomic mass is 15.1. The Balaban J connectivity index is 1.12. The highest BCUT2D eigenvalue weighted by molar-refractivity contribution is 6.29. The highest BCUT2D eigenvalue weighted by Crippen LogP contribution is 2.44. The molecule has 4 heterocycles. The highest BCUT2D eigenvalue weighted by Gasteiger charge is 2.24. The minimum atomic E-state index is 0.612. The van der Waals surface area contributed by atoms with E-state index in [1.807, 2.05) is 60.7 Å². The van der Waals surface area contributed by atoms with Gasteiger partial charge >= 0.3 is 0 Å². The summed E-state index contributed by atoms with van der Waals surface area (Å²) in [5.41, 5.74) is 11.4. The predicted octanol–water partition coefficient (Wildman–Crippen LogP) is 13.3. The van der Waals surface area contributed by atoms with Crippen LogP contribution in [0.3, 0.4) is 0 Å². The van der Waals surface area contributed by atoms with Gasteiger partial charge in [-0.15, -0.1) is 0 Å². The Morgan fingerprint density at radius 2 is 0.767 bits per heavy atom. The number of hydrogen-bond acceptors (Lipinski definition) is 4. The second kappa shape index (κ2) is 13.7. The van der Waals surface area contributed by atoms with Crippen LogP contribution < -0.4 is 0 Å². The molecule has 0 spiro atoms. The molecule has 0 atom stereocenters. The third-order valence-electron chi connectivity index (χ3n) is 11.5. The van der Waals surface area contributed by atoms with E-state index < -0.39 is 0 Å². The molecular weight excluding hydrogens is 733 g/mol. The van der Waals surface area contributed by atoms with Gasteiger partial charge in [0, 0.05) is 60.4 Å². The van der Waals surface area contributed by atoms with Crippen molar-refractivity contribution < 1.29 is 0 Å². The molecule has 6 nitrogen and oxygen atoms in total. The van der Waals surface area contributed by atoms with Crippen LogP contribution in [-0.4, -0.2) is 28.9 Å². The average Bonchev–Trinajstić information content (AvgIpc) is 3.90. The molecular formula is C54H34N6. The Morgan fingerprint density at radius 3 is 1.38 bits per heavy atom. The number of rotatable bonds is 6. The molecule has 0 aliphatic rings. The summed E-state index contributed by atoms with van der Waals surface area (Å²) in [6, 6.07) is 72.0. The second-order valence-electron chi connectivity index (χ2n) is 15.0. The van der Waals surface area contributed by atoms with Crippen LogP contribution in [0.25, 0.3) is 111 Å². The fourth-order valence-corrected chi connectivity index (χ4v) is 8.85. The maximum atomic E-state index is 5.56. The molecule has 6 heteroatoms. The lowest BCUT2D eigenvalue weighted by Gasteiger charge is -2.15. The monoisotopic (exact) mass is 766 g/mol. The smallest absolute Gasteiger partial charge is 0.164 e. The quantitative estimate of drug-likeness (QED) is 0.158. The lowest BCUT2D eigenvalue weighted by atomic mass is 9.99. The van der Waals surface area contributed by atoms with Gasteiger partial charge in [0.15, 0.2) is 17.5 Å². The number of pyridine rings is 1. The fraction of sp³-hybridized carbons (Fsp3) is 0. The summed E-state index contributed by atoms with van der Waals surface area (Å²) >= 11 is 0. The summed E-state index contributed by atoms with van der Waals surface area (Å²) in [5, 5.41) is 5.95. The molecule has 0 bridgehead atoms. The Morgan fingerprint density at radius 1 is 0.300 bits per heavy atom. The molecule has 0 radical (unpaired) electrons. The SMILES string of the molecule is c1ccc(-c2nc(-c3ccccc3)nc(-c3ccc(-c4nc(-c5ccccc5)c5c6ccc7c8ccccc8n(-c8ccccc8)c7c6c6ccccc6n45)cc3)n2)cc1. The zero-order valence-electron chi connectivity index (χ0n) is 32.3. The first-order valence-corrected chi connectivity index (χ1v) is 20.2. The summed E-state index contributed by atoms with van der Waals surface area (Å²) in [7, 11) is 0. The first-order chi connectivity index (χ1) is 29.8. The van der Waals surface area contributed by atoms with E-state index in [9.17, 15) is 0 Å². The van der Waals surface area contributed by atoms with Gasteiger partial charge in [0.05, 0.1) is 27.8 Å². The van der Waals surface area contributed by atoms with Crippen molar-refractivity contribution in [1.82, 2.24) is 28.9 Å². The molecule has 0 fully saturated rings. The molecule has 60 heavy (non-hydrogen) atoms. The summed E-state index contributed by atoms with van der Waals surface area (Å²) in [6.07, 6.45) is 0. The van der Waals surface area contributed by atoms with E-state index in [0.29, 0.717) is 17.5 Å². The molecule has 0 aliphatic heterocycles. The van der Waals surface area contributed by atoms with Crippen molar-refractivity contribution in [2.75, 3.05) is 0 Å². The topological polar surface area (TPSA) is 60.9 Å². The molecule has 0 aliphatic carbocycles. The summed E-state index contributed by atoms with van der Waals surface area (Å²) in [6.45, 7) is 0. The lowest BCUT2D eigenvalue weighted by Crippen LogP contribution is -2.00. The molecule has 0 unspecified atom stereocenters. The number of aromatic nitrogens is 6. The van der Waals surface area contributed by atoms with Gasteiger partial charge in [-0.3, -0.25) is 4.40 Å². The minimum absolute atomic E-state index is 0.612. The van der Waals surface area contributed by atoms with Gasteiger partial charge in [-0.05, 0) is 24.3 Å². The molecule has 8 aromatic carbocycles. The third kappa shape index (κ3) is 5.35. The van der Waals surface area contributed by atoms with E-state index in [0.717, 1.165) is 66.8 Å². The van der Waals surface area contributed by atoms with Crippen LogP contribution in [0.4, 0.5) is 0 Å². The van der Waals surface area contributed by atoms with Gasteiger partial charge in [0.25, 0.3) is 0 Å². The van der Waals surface area contributed by atoms with E-state index >= 15 is 0 Å². The molecule has 0 N–H and O–H groups in total. The van der Waals surface area contributed by atoms with Gasteiger partial charge in [-0.2, -0.15) is 0 Å². The fourth-order valence-electron chi connectivity index (χ4n) is 8.85. The van der Waals surface area contributed by atoms with Gasteiger partial charge < -0.3 is 4.57 Å². The zero-order chi connectivity index (χ0) is 39.6. The largest absolute Gasteiger partial charge is 0.309 e. The predicted molar refractivity (Wildman–Crippen MR) is 245 cm³/mol. The van der Waals surface area contributed by atoms with Gasteiger partial charge in [-0.1, -0.05) is 182 Å². The minimum Gasteiger partial charge on any atom is -0.309 e. The molecule has 0 amide bonds. The van der Waals surface area contributed by atoms with Crippen LogP contribution >= 0.6 is 0 Å². The molecule has 0 saturated heterocycles. The van der Waals surface area contributed by atoms with Crippen LogP contribution in [0.5, 0.6) is 0 Å². The van der Waals surface area contributed by atoms with Crippen molar-refractivity contribution in [3.05, 3.63) is 206 Å². The molecule has 12 aromatic rings. The van der Waals surface area contributed by atoms with Gasteiger partial charge in [0.2, 0.25) is 0 Å². The number of imidazole rings is 1. The normalized spacial score (nSPS) is 11.7. The van der Waals surface area contributed by atoms with Crippen molar-refractivity contribution in [3.8, 4) is 62.5 Å².